The van der Waals surface area contributed by atoms with Gasteiger partial charge in [0.15, 0.2) is 5.13 Å². The van der Waals surface area contributed by atoms with Gasteiger partial charge >= 0.3 is 6.03 Å². The molecule has 0 saturated heterocycles. The SMILES string of the molecule is COc1ccc(NC(=O)Cc2csc(NC(=O)Nc3ccc(Cl)cc3)n2)c(OC)c1. The largest absolute Gasteiger partial charge is 0.497 e. The fraction of sp³-hybridized carbons (Fsp3) is 0.150. The third-order valence-electron chi connectivity index (χ3n) is 3.90. The molecule has 1 aromatic heterocycles. The van der Waals surface area contributed by atoms with Crippen LogP contribution in [0.2, 0.25) is 5.02 Å². The maximum atomic E-state index is 12.4. The molecule has 2 aromatic carbocycles. The van der Waals surface area contributed by atoms with Gasteiger partial charge in [-0.2, -0.15) is 0 Å². The van der Waals surface area contributed by atoms with Crippen molar-refractivity contribution in [2.75, 3.05) is 30.2 Å². The van der Waals surface area contributed by atoms with Gasteiger partial charge in [0.2, 0.25) is 5.91 Å². The molecule has 3 aromatic rings. The summed E-state index contributed by atoms with van der Waals surface area (Å²) < 4.78 is 10.4. The van der Waals surface area contributed by atoms with E-state index in [1.165, 1.54) is 18.4 Å². The molecule has 0 aliphatic rings. The molecule has 0 fully saturated rings. The maximum Gasteiger partial charge on any atom is 0.325 e. The van der Waals surface area contributed by atoms with Crippen molar-refractivity contribution in [1.29, 1.82) is 0 Å². The normalized spacial score (nSPS) is 10.2. The highest BCUT2D eigenvalue weighted by Crippen LogP contribution is 2.29. The number of benzene rings is 2. The Balaban J connectivity index is 1.55. The average molecular weight is 447 g/mol. The molecule has 0 radical (unpaired) electrons. The molecule has 0 saturated carbocycles. The Kier molecular flexibility index (Phi) is 7.10. The van der Waals surface area contributed by atoms with Gasteiger partial charge in [-0.15, -0.1) is 11.3 Å². The lowest BCUT2D eigenvalue weighted by atomic mass is 10.2. The molecule has 3 N–H and O–H groups in total. The number of halogens is 1. The monoisotopic (exact) mass is 446 g/mol. The summed E-state index contributed by atoms with van der Waals surface area (Å²) in [7, 11) is 3.06. The first-order chi connectivity index (χ1) is 14.5. The van der Waals surface area contributed by atoms with Gasteiger partial charge in [0, 0.05) is 22.2 Å². The van der Waals surface area contributed by atoms with E-state index >= 15 is 0 Å². The zero-order valence-corrected chi connectivity index (χ0v) is 17.8. The Hall–Kier alpha value is -3.30. The number of rotatable bonds is 7. The van der Waals surface area contributed by atoms with E-state index in [-0.39, 0.29) is 12.3 Å². The van der Waals surface area contributed by atoms with Gasteiger partial charge in [-0.25, -0.2) is 9.78 Å². The first-order valence-corrected chi connectivity index (χ1v) is 10.0. The number of amides is 3. The molecule has 0 aliphatic heterocycles. The maximum absolute atomic E-state index is 12.4. The third-order valence-corrected chi connectivity index (χ3v) is 4.96. The molecule has 156 valence electrons. The van der Waals surface area contributed by atoms with Crippen molar-refractivity contribution in [2.45, 2.75) is 6.42 Å². The molecule has 3 amide bonds. The zero-order chi connectivity index (χ0) is 21.5. The number of urea groups is 1. The standard InChI is InChI=1S/C20H19ClN4O4S/c1-28-15-7-8-16(17(10-15)29-2)24-18(26)9-14-11-30-20(23-14)25-19(27)22-13-5-3-12(21)4-6-13/h3-8,10-11H,9H2,1-2H3,(H,24,26)(H2,22,23,25,27). The van der Waals surface area contributed by atoms with Gasteiger partial charge < -0.3 is 20.1 Å². The summed E-state index contributed by atoms with van der Waals surface area (Å²) in [5, 5.41) is 10.8. The molecule has 0 unspecified atom stereocenters. The number of thiazole rings is 1. The second-order valence-electron chi connectivity index (χ2n) is 6.02. The van der Waals surface area contributed by atoms with Crippen molar-refractivity contribution in [3.8, 4) is 11.5 Å². The van der Waals surface area contributed by atoms with Crippen LogP contribution >= 0.6 is 22.9 Å². The number of methoxy groups -OCH3 is 2. The van der Waals surface area contributed by atoms with E-state index in [0.29, 0.717) is 38.7 Å². The molecule has 10 heteroatoms. The van der Waals surface area contributed by atoms with Crippen LogP contribution in [-0.2, 0) is 11.2 Å². The predicted molar refractivity (Wildman–Crippen MR) is 118 cm³/mol. The topological polar surface area (TPSA) is 102 Å². The quantitative estimate of drug-likeness (QED) is 0.490. The van der Waals surface area contributed by atoms with E-state index < -0.39 is 6.03 Å². The lowest BCUT2D eigenvalue weighted by Gasteiger charge is -2.11. The number of nitrogens with one attached hydrogen (secondary N) is 3. The number of carbonyl (C=O) groups excluding carboxylic acids is 2. The Labute approximate surface area is 182 Å². The lowest BCUT2D eigenvalue weighted by Crippen LogP contribution is -2.19. The highest BCUT2D eigenvalue weighted by molar-refractivity contribution is 7.14. The molecule has 0 spiro atoms. The van der Waals surface area contributed by atoms with Crippen LogP contribution in [0.1, 0.15) is 5.69 Å². The summed E-state index contributed by atoms with van der Waals surface area (Å²) in [6.45, 7) is 0. The van der Waals surface area contributed by atoms with Crippen LogP contribution in [0.15, 0.2) is 47.8 Å². The summed E-state index contributed by atoms with van der Waals surface area (Å²) >= 11 is 7.05. The summed E-state index contributed by atoms with van der Waals surface area (Å²) in [4.78, 5) is 28.7. The Morgan fingerprint density at radius 2 is 1.80 bits per heavy atom. The first kappa shape index (κ1) is 21.4. The minimum atomic E-state index is -0.439. The highest BCUT2D eigenvalue weighted by Gasteiger charge is 2.13. The molecule has 30 heavy (non-hydrogen) atoms. The smallest absolute Gasteiger partial charge is 0.325 e. The van der Waals surface area contributed by atoms with E-state index in [1.54, 1.807) is 55.0 Å². The van der Waals surface area contributed by atoms with Crippen molar-refractivity contribution < 1.29 is 19.1 Å². The average Bonchev–Trinajstić information content (AvgIpc) is 3.16. The van der Waals surface area contributed by atoms with Crippen LogP contribution in [0, 0.1) is 0 Å². The summed E-state index contributed by atoms with van der Waals surface area (Å²) in [6, 6.07) is 11.4. The fourth-order valence-corrected chi connectivity index (χ4v) is 3.33. The van der Waals surface area contributed by atoms with Crippen LogP contribution < -0.4 is 25.4 Å². The number of nitrogens with zero attached hydrogens (tertiary/aromatic N) is 1. The van der Waals surface area contributed by atoms with Gasteiger partial charge in [0.05, 0.1) is 32.0 Å². The van der Waals surface area contributed by atoms with Crippen LogP contribution in [0.5, 0.6) is 11.5 Å². The minimum Gasteiger partial charge on any atom is -0.497 e. The minimum absolute atomic E-state index is 0.0478. The summed E-state index contributed by atoms with van der Waals surface area (Å²) in [5.74, 6) is 0.847. The molecular formula is C20H19ClN4O4S. The number of ether oxygens (including phenoxy) is 2. The predicted octanol–water partition coefficient (Wildman–Crippen LogP) is 4.64. The summed E-state index contributed by atoms with van der Waals surface area (Å²) in [5.41, 5.74) is 1.66. The zero-order valence-electron chi connectivity index (χ0n) is 16.2. The van der Waals surface area contributed by atoms with E-state index in [4.69, 9.17) is 21.1 Å². The number of hydrogen-bond acceptors (Lipinski definition) is 6. The fourth-order valence-electron chi connectivity index (χ4n) is 2.50. The Bertz CT molecular complexity index is 1040. The van der Waals surface area contributed by atoms with Gasteiger partial charge in [-0.3, -0.25) is 10.1 Å². The third kappa shape index (κ3) is 5.85. The number of anilines is 3. The van der Waals surface area contributed by atoms with Crippen molar-refractivity contribution in [2.24, 2.45) is 0 Å². The van der Waals surface area contributed by atoms with E-state index in [0.717, 1.165) is 0 Å². The van der Waals surface area contributed by atoms with Gasteiger partial charge in [-0.1, -0.05) is 11.6 Å². The van der Waals surface area contributed by atoms with Gasteiger partial charge in [0.25, 0.3) is 0 Å². The Morgan fingerprint density at radius 1 is 1.03 bits per heavy atom. The molecular weight excluding hydrogens is 428 g/mol. The number of carbonyl (C=O) groups is 2. The van der Waals surface area contributed by atoms with Crippen LogP contribution in [0.3, 0.4) is 0 Å². The first-order valence-electron chi connectivity index (χ1n) is 8.76. The lowest BCUT2D eigenvalue weighted by molar-refractivity contribution is -0.115. The molecule has 1 heterocycles. The van der Waals surface area contributed by atoms with Crippen LogP contribution in [-0.4, -0.2) is 31.1 Å². The van der Waals surface area contributed by atoms with Crippen molar-refractivity contribution in [1.82, 2.24) is 4.98 Å². The van der Waals surface area contributed by atoms with Gasteiger partial charge in [-0.05, 0) is 36.4 Å². The van der Waals surface area contributed by atoms with Crippen molar-refractivity contribution in [3.63, 3.8) is 0 Å². The molecule has 0 atom stereocenters. The van der Waals surface area contributed by atoms with E-state index in [1.807, 2.05) is 0 Å². The molecule has 0 bridgehead atoms. The number of aromatic nitrogens is 1. The van der Waals surface area contributed by atoms with Crippen LogP contribution in [0.4, 0.5) is 21.3 Å². The van der Waals surface area contributed by atoms with E-state index in [2.05, 4.69) is 20.9 Å². The van der Waals surface area contributed by atoms with Crippen molar-refractivity contribution >= 4 is 51.4 Å². The second-order valence-corrected chi connectivity index (χ2v) is 7.32. The van der Waals surface area contributed by atoms with Crippen molar-refractivity contribution in [3.05, 3.63) is 58.6 Å². The number of hydrogen-bond donors (Lipinski definition) is 3. The summed E-state index contributed by atoms with van der Waals surface area (Å²) in [6.07, 6.45) is 0.0478. The van der Waals surface area contributed by atoms with Gasteiger partial charge in [0.1, 0.15) is 11.5 Å². The molecule has 0 aliphatic carbocycles. The molecule has 3 rings (SSSR count). The second kappa shape index (κ2) is 9.95. The van der Waals surface area contributed by atoms with E-state index in [9.17, 15) is 9.59 Å². The highest BCUT2D eigenvalue weighted by atomic mass is 35.5. The van der Waals surface area contributed by atoms with Crippen LogP contribution in [0.25, 0.3) is 0 Å². The Morgan fingerprint density at radius 3 is 2.50 bits per heavy atom. The molecule has 8 nitrogen and oxygen atoms in total.